The van der Waals surface area contributed by atoms with E-state index in [1.807, 2.05) is 58.9 Å². The van der Waals surface area contributed by atoms with Crippen molar-refractivity contribution in [2.45, 2.75) is 83.3 Å². The molecule has 166 valence electrons. The molecule has 1 aliphatic heterocycles. The van der Waals surface area contributed by atoms with E-state index in [0.29, 0.717) is 0 Å². The first kappa shape index (κ1) is 25.9. The molecule has 0 bridgehead atoms. The summed E-state index contributed by atoms with van der Waals surface area (Å²) in [6.07, 6.45) is -2.87. The van der Waals surface area contributed by atoms with E-state index in [1.54, 1.807) is 0 Å². The van der Waals surface area contributed by atoms with E-state index in [-0.39, 0.29) is 6.61 Å². The molecule has 28 heavy (non-hydrogen) atoms. The number of carbonyl (C=O) groups excluding carboxylic acids is 1. The summed E-state index contributed by atoms with van der Waals surface area (Å²) in [4.78, 5) is 12.8. The largest absolute Gasteiger partial charge is 0.455 e. The smallest absolute Gasteiger partial charge is 0.337 e. The molecular weight excluding hydrogens is 436 g/mol. The maximum atomic E-state index is 12.8. The summed E-state index contributed by atoms with van der Waals surface area (Å²) in [5.41, 5.74) is 0. The fourth-order valence-electron chi connectivity index (χ4n) is 2.61. The van der Waals surface area contributed by atoms with Gasteiger partial charge in [-0.1, -0.05) is 0 Å². The van der Waals surface area contributed by atoms with Gasteiger partial charge in [-0.25, -0.2) is 4.79 Å². The van der Waals surface area contributed by atoms with Crippen molar-refractivity contribution in [3.05, 3.63) is 0 Å². The van der Waals surface area contributed by atoms with Crippen LogP contribution in [0.1, 0.15) is 0 Å². The average Bonchev–Trinajstić information content (AvgIpc) is 2.39. The van der Waals surface area contributed by atoms with Crippen molar-refractivity contribution in [2.75, 3.05) is 12.9 Å². The van der Waals surface area contributed by atoms with Crippen LogP contribution in [0.5, 0.6) is 0 Å². The zero-order chi connectivity index (χ0) is 22.1. The molecule has 0 saturated carbocycles. The van der Waals surface area contributed by atoms with Gasteiger partial charge in [-0.2, -0.15) is 8.42 Å². The van der Waals surface area contributed by atoms with E-state index in [0.717, 1.165) is 6.26 Å². The topological polar surface area (TPSA) is 97.4 Å². The van der Waals surface area contributed by atoms with Gasteiger partial charge in [0.15, 0.2) is 37.2 Å². The van der Waals surface area contributed by atoms with Crippen LogP contribution in [-0.4, -0.2) is 76.6 Å². The summed E-state index contributed by atoms with van der Waals surface area (Å²) in [5, 5.41) is 0. The molecule has 2 unspecified atom stereocenters. The molecule has 1 saturated heterocycles. The Bertz CT molecular complexity index is 648. The van der Waals surface area contributed by atoms with Crippen molar-refractivity contribution >= 4 is 41.0 Å². The molecule has 4 atom stereocenters. The predicted octanol–water partition coefficient (Wildman–Crippen LogP) is 2.55. The molecule has 0 aliphatic carbocycles. The molecule has 8 nitrogen and oxygen atoms in total. The Morgan fingerprint density at radius 3 is 1.75 bits per heavy atom. The second-order valence-corrected chi connectivity index (χ2v) is 25.0. The Morgan fingerprint density at radius 2 is 1.36 bits per heavy atom. The van der Waals surface area contributed by atoms with Gasteiger partial charge in [0.1, 0.15) is 12.2 Å². The first-order valence-corrected chi connectivity index (χ1v) is 21.4. The van der Waals surface area contributed by atoms with Crippen molar-refractivity contribution in [2.24, 2.45) is 0 Å². The Balaban J connectivity index is 3.32. The van der Waals surface area contributed by atoms with E-state index in [1.165, 1.54) is 0 Å². The third-order valence-electron chi connectivity index (χ3n) is 3.43. The van der Waals surface area contributed by atoms with Crippen LogP contribution >= 0.6 is 0 Å². The van der Waals surface area contributed by atoms with Gasteiger partial charge in [0, 0.05) is 0 Å². The number of hydrogen-bond donors (Lipinski definition) is 0. The lowest BCUT2D eigenvalue weighted by atomic mass is 10.0. The maximum absolute atomic E-state index is 12.8. The van der Waals surface area contributed by atoms with Gasteiger partial charge in [0.2, 0.25) is 0 Å². The Kier molecular flexibility index (Phi) is 8.30. The van der Waals surface area contributed by atoms with Gasteiger partial charge in [-0.15, -0.1) is 0 Å². The fourth-order valence-corrected chi connectivity index (χ4v) is 5.98. The summed E-state index contributed by atoms with van der Waals surface area (Å²) < 4.78 is 53.0. The number of hydrogen-bond acceptors (Lipinski definition) is 8. The van der Waals surface area contributed by atoms with Crippen LogP contribution in [0.4, 0.5) is 0 Å². The third kappa shape index (κ3) is 9.61. The molecule has 1 heterocycles. The van der Waals surface area contributed by atoms with Crippen LogP contribution in [-0.2, 0) is 37.1 Å². The van der Waals surface area contributed by atoms with Crippen molar-refractivity contribution in [1.29, 1.82) is 0 Å². The molecule has 0 aromatic rings. The van der Waals surface area contributed by atoms with Gasteiger partial charge in [-0.3, -0.25) is 4.18 Å². The van der Waals surface area contributed by atoms with Gasteiger partial charge in [0.25, 0.3) is 10.1 Å². The molecule has 0 spiro atoms. The van der Waals surface area contributed by atoms with Crippen LogP contribution in [0.15, 0.2) is 0 Å². The van der Waals surface area contributed by atoms with Crippen LogP contribution < -0.4 is 0 Å². The van der Waals surface area contributed by atoms with Crippen molar-refractivity contribution in [1.82, 2.24) is 0 Å². The normalized spacial score (nSPS) is 27.6. The highest BCUT2D eigenvalue weighted by Gasteiger charge is 2.52. The molecule has 0 aromatic heterocycles. The molecule has 0 radical (unpaired) electrons. The number of rotatable bonds is 9. The van der Waals surface area contributed by atoms with Gasteiger partial charge in [-0.05, 0) is 58.9 Å². The van der Waals surface area contributed by atoms with E-state index in [4.69, 9.17) is 22.2 Å². The number of ether oxygens (including phenoxy) is 1. The van der Waals surface area contributed by atoms with Crippen molar-refractivity contribution < 1.29 is 35.4 Å². The summed E-state index contributed by atoms with van der Waals surface area (Å²) in [5.74, 6) is -0.566. The second-order valence-electron chi connectivity index (χ2n) is 10.0. The zero-order valence-electron chi connectivity index (χ0n) is 18.7. The minimum Gasteiger partial charge on any atom is -0.455 e. The summed E-state index contributed by atoms with van der Waals surface area (Å²) in [6.45, 7) is 17.8. The standard InChI is InChI=1S/C16H36O8SSi3/c1-25(18,19)22-13-12(11-20-26(2,3)4)21-16(17)15(24-28(8,9)10)14(13)23-27(5,6)7/h12-15H,11H2,1-10H3/t12?,13-,14?,15-/m1/s1. The van der Waals surface area contributed by atoms with Gasteiger partial charge < -0.3 is 18.0 Å². The fraction of sp³-hybridized carbons (Fsp3) is 0.938. The van der Waals surface area contributed by atoms with E-state index >= 15 is 0 Å². The molecule has 12 heteroatoms. The van der Waals surface area contributed by atoms with Crippen molar-refractivity contribution in [3.8, 4) is 0 Å². The van der Waals surface area contributed by atoms with Crippen LogP contribution in [0.25, 0.3) is 0 Å². The Morgan fingerprint density at radius 1 is 0.857 bits per heavy atom. The Hall–Kier alpha value is -0.0894. The lowest BCUT2D eigenvalue weighted by Gasteiger charge is -2.44. The lowest BCUT2D eigenvalue weighted by molar-refractivity contribution is -0.196. The predicted molar refractivity (Wildman–Crippen MR) is 115 cm³/mol. The minimum absolute atomic E-state index is 0.0485. The zero-order valence-corrected chi connectivity index (χ0v) is 22.5. The molecule has 1 fully saturated rings. The number of esters is 1. The highest BCUT2D eigenvalue weighted by molar-refractivity contribution is 7.86. The van der Waals surface area contributed by atoms with E-state index in [9.17, 15) is 13.2 Å². The second kappa shape index (κ2) is 8.96. The van der Waals surface area contributed by atoms with Gasteiger partial charge >= 0.3 is 5.97 Å². The van der Waals surface area contributed by atoms with E-state index < -0.39 is 65.5 Å². The summed E-state index contributed by atoms with van der Waals surface area (Å²) >= 11 is 0. The number of carbonyl (C=O) groups is 1. The highest BCUT2D eigenvalue weighted by Crippen LogP contribution is 2.30. The SMILES string of the molecule is C[Si](C)(C)OCC1OC(=O)[C@H](O[Si](C)(C)C)C(O[Si](C)(C)C)[C@@H]1OS(C)(=O)=O. The average molecular weight is 473 g/mol. The third-order valence-corrected chi connectivity index (χ3v) is 6.97. The molecule has 0 N–H and O–H groups in total. The molecular formula is C16H36O8SSi3. The van der Waals surface area contributed by atoms with E-state index in [2.05, 4.69) is 0 Å². The van der Waals surface area contributed by atoms with Crippen LogP contribution in [0.2, 0.25) is 58.9 Å². The van der Waals surface area contributed by atoms with Crippen LogP contribution in [0, 0.1) is 0 Å². The molecule has 0 aromatic carbocycles. The highest BCUT2D eigenvalue weighted by atomic mass is 32.2. The number of cyclic esters (lactones) is 1. The minimum atomic E-state index is -3.83. The summed E-state index contributed by atoms with van der Waals surface area (Å²) in [6, 6.07) is 0. The lowest BCUT2D eigenvalue weighted by Crippen LogP contribution is -2.63. The molecule has 0 amide bonds. The Labute approximate surface area is 172 Å². The first-order valence-electron chi connectivity index (χ1n) is 9.36. The molecule has 1 aliphatic rings. The van der Waals surface area contributed by atoms with Crippen molar-refractivity contribution in [3.63, 3.8) is 0 Å². The molecule has 1 rings (SSSR count). The first-order chi connectivity index (χ1) is 12.3. The maximum Gasteiger partial charge on any atom is 0.337 e. The van der Waals surface area contributed by atoms with Crippen LogP contribution in [0.3, 0.4) is 0 Å². The monoisotopic (exact) mass is 472 g/mol. The van der Waals surface area contributed by atoms with Gasteiger partial charge in [0.05, 0.1) is 12.9 Å². The quantitative estimate of drug-likeness (QED) is 0.287. The summed E-state index contributed by atoms with van der Waals surface area (Å²) in [7, 11) is -10.1.